The van der Waals surface area contributed by atoms with Crippen molar-refractivity contribution in [1.82, 2.24) is 0 Å². The molecule has 0 aromatic heterocycles. The fraction of sp³-hybridized carbons (Fsp3) is 0.154. The molecule has 0 aliphatic heterocycles. The number of rotatable bonds is 8. The second-order valence-electron chi connectivity index (χ2n) is 7.17. The Bertz CT molecular complexity index is 1220. The van der Waals surface area contributed by atoms with Gasteiger partial charge in [0.2, 0.25) is 0 Å². The average Bonchev–Trinajstić information content (AvgIpc) is 2.78. The van der Waals surface area contributed by atoms with Crippen LogP contribution in [0, 0.1) is 18.3 Å². The van der Waals surface area contributed by atoms with Gasteiger partial charge in [-0.05, 0) is 61.4 Å². The van der Waals surface area contributed by atoms with Crippen molar-refractivity contribution < 1.29 is 14.3 Å². The highest BCUT2D eigenvalue weighted by molar-refractivity contribution is 9.10. The zero-order valence-electron chi connectivity index (χ0n) is 18.2. The lowest BCUT2D eigenvalue weighted by Gasteiger charge is -2.15. The first-order valence-corrected chi connectivity index (χ1v) is 11.4. The van der Waals surface area contributed by atoms with Gasteiger partial charge in [-0.25, -0.2) is 0 Å². The van der Waals surface area contributed by atoms with Crippen LogP contribution < -0.4 is 14.8 Å². The van der Waals surface area contributed by atoms with Crippen LogP contribution in [0.5, 0.6) is 11.5 Å². The smallest absolute Gasteiger partial charge is 0.266 e. The van der Waals surface area contributed by atoms with Gasteiger partial charge in [-0.2, -0.15) is 5.26 Å². The number of nitrogens with zero attached hydrogens (tertiary/aromatic N) is 1. The topological polar surface area (TPSA) is 71.3 Å². The van der Waals surface area contributed by atoms with Gasteiger partial charge in [0.05, 0.1) is 11.6 Å². The average molecular weight is 526 g/mol. The fourth-order valence-corrected chi connectivity index (χ4v) is 3.67. The number of anilines is 1. The summed E-state index contributed by atoms with van der Waals surface area (Å²) >= 11 is 9.85. The highest BCUT2D eigenvalue weighted by Crippen LogP contribution is 2.38. The van der Waals surface area contributed by atoms with E-state index in [1.807, 2.05) is 50.2 Å². The third-order valence-corrected chi connectivity index (χ3v) is 5.37. The molecule has 0 aliphatic carbocycles. The summed E-state index contributed by atoms with van der Waals surface area (Å²) in [5.41, 5.74) is 3.22. The third kappa shape index (κ3) is 6.85. The van der Waals surface area contributed by atoms with E-state index >= 15 is 0 Å². The molecular formula is C26H22BrClN2O3. The quantitative estimate of drug-likeness (QED) is 0.256. The number of benzene rings is 3. The Morgan fingerprint density at radius 1 is 1.15 bits per heavy atom. The molecule has 1 amide bonds. The summed E-state index contributed by atoms with van der Waals surface area (Å²) in [4.78, 5) is 12.6. The molecule has 0 bridgehead atoms. The van der Waals surface area contributed by atoms with Gasteiger partial charge in [0.25, 0.3) is 5.91 Å². The van der Waals surface area contributed by atoms with E-state index in [1.165, 1.54) is 11.6 Å². The van der Waals surface area contributed by atoms with Gasteiger partial charge in [0.15, 0.2) is 11.5 Å². The number of ether oxygens (including phenoxy) is 2. The summed E-state index contributed by atoms with van der Waals surface area (Å²) in [5, 5.41) is 12.6. The van der Waals surface area contributed by atoms with Crippen molar-refractivity contribution in [2.24, 2.45) is 0 Å². The molecule has 5 nitrogen and oxygen atoms in total. The predicted octanol–water partition coefficient (Wildman–Crippen LogP) is 6.93. The van der Waals surface area contributed by atoms with Crippen LogP contribution in [0.3, 0.4) is 0 Å². The Labute approximate surface area is 206 Å². The molecule has 3 aromatic rings. The lowest BCUT2D eigenvalue weighted by atomic mass is 10.1. The number of nitrogens with one attached hydrogen (secondary N) is 1. The van der Waals surface area contributed by atoms with Gasteiger partial charge in [-0.3, -0.25) is 4.79 Å². The number of aryl methyl sites for hydroxylation is 1. The molecule has 168 valence electrons. The lowest BCUT2D eigenvalue weighted by Crippen LogP contribution is -2.13. The highest BCUT2D eigenvalue weighted by atomic mass is 79.9. The van der Waals surface area contributed by atoms with E-state index in [4.69, 9.17) is 21.1 Å². The summed E-state index contributed by atoms with van der Waals surface area (Å²) in [6, 6.07) is 20.4. The fourth-order valence-electron chi connectivity index (χ4n) is 2.99. The molecular weight excluding hydrogens is 504 g/mol. The van der Waals surface area contributed by atoms with Crippen LogP contribution in [0.15, 0.2) is 70.7 Å². The number of hydrogen-bond acceptors (Lipinski definition) is 4. The molecule has 0 saturated heterocycles. The van der Waals surface area contributed by atoms with Crippen LogP contribution in [0.25, 0.3) is 6.08 Å². The number of carbonyl (C=O) groups is 1. The van der Waals surface area contributed by atoms with Gasteiger partial charge in [0.1, 0.15) is 18.2 Å². The SMILES string of the molecule is CCOc1cc(/C=C(/C#N)C(=O)Nc2cccc(Br)c2)cc(Cl)c1OCc1ccc(C)cc1. The first-order chi connectivity index (χ1) is 15.9. The second kappa shape index (κ2) is 11.6. The van der Waals surface area contributed by atoms with Gasteiger partial charge < -0.3 is 14.8 Å². The van der Waals surface area contributed by atoms with Crippen LogP contribution in [0.2, 0.25) is 5.02 Å². The Morgan fingerprint density at radius 2 is 1.91 bits per heavy atom. The molecule has 3 rings (SSSR count). The van der Waals surface area contributed by atoms with Crippen molar-refractivity contribution in [1.29, 1.82) is 5.26 Å². The summed E-state index contributed by atoms with van der Waals surface area (Å²) in [5.74, 6) is 0.325. The lowest BCUT2D eigenvalue weighted by molar-refractivity contribution is -0.112. The van der Waals surface area contributed by atoms with Crippen molar-refractivity contribution in [3.63, 3.8) is 0 Å². The Balaban J connectivity index is 1.84. The molecule has 0 aliphatic rings. The molecule has 33 heavy (non-hydrogen) atoms. The Hall–Kier alpha value is -3.27. The molecule has 3 aromatic carbocycles. The summed E-state index contributed by atoms with van der Waals surface area (Å²) in [6.07, 6.45) is 1.46. The van der Waals surface area contributed by atoms with Gasteiger partial charge in [-0.1, -0.05) is 63.4 Å². The molecule has 0 atom stereocenters. The largest absolute Gasteiger partial charge is 0.490 e. The minimum Gasteiger partial charge on any atom is -0.490 e. The second-order valence-corrected chi connectivity index (χ2v) is 8.49. The molecule has 0 saturated carbocycles. The zero-order chi connectivity index (χ0) is 23.8. The van der Waals surface area contributed by atoms with Crippen LogP contribution in [0.4, 0.5) is 5.69 Å². The van der Waals surface area contributed by atoms with E-state index in [2.05, 4.69) is 21.2 Å². The monoisotopic (exact) mass is 524 g/mol. The molecule has 7 heteroatoms. The summed E-state index contributed by atoms with van der Waals surface area (Å²) in [6.45, 7) is 4.61. The molecule has 0 radical (unpaired) electrons. The Morgan fingerprint density at radius 3 is 2.58 bits per heavy atom. The normalized spacial score (nSPS) is 10.9. The molecule has 0 unspecified atom stereocenters. The molecule has 0 fully saturated rings. The molecule has 0 heterocycles. The maximum Gasteiger partial charge on any atom is 0.266 e. The molecule has 0 spiro atoms. The number of nitriles is 1. The van der Waals surface area contributed by atoms with Crippen LogP contribution in [-0.2, 0) is 11.4 Å². The number of amides is 1. The van der Waals surface area contributed by atoms with Crippen molar-refractivity contribution in [3.05, 3.63) is 92.4 Å². The highest BCUT2D eigenvalue weighted by Gasteiger charge is 2.15. The van der Waals surface area contributed by atoms with E-state index < -0.39 is 5.91 Å². The van der Waals surface area contributed by atoms with Crippen molar-refractivity contribution >= 4 is 45.2 Å². The minimum atomic E-state index is -0.524. The summed E-state index contributed by atoms with van der Waals surface area (Å²) < 4.78 is 12.5. The van der Waals surface area contributed by atoms with Crippen LogP contribution in [0.1, 0.15) is 23.6 Å². The van der Waals surface area contributed by atoms with Gasteiger partial charge in [-0.15, -0.1) is 0 Å². The van der Waals surface area contributed by atoms with Crippen LogP contribution >= 0.6 is 27.5 Å². The first kappa shape index (κ1) is 24.4. The first-order valence-electron chi connectivity index (χ1n) is 10.2. The van der Waals surface area contributed by atoms with Gasteiger partial charge in [0, 0.05) is 10.2 Å². The zero-order valence-corrected chi connectivity index (χ0v) is 20.5. The predicted molar refractivity (Wildman–Crippen MR) is 134 cm³/mol. The van der Waals surface area contributed by atoms with Crippen molar-refractivity contribution in [3.8, 4) is 17.6 Å². The van der Waals surface area contributed by atoms with E-state index in [1.54, 1.807) is 30.3 Å². The third-order valence-electron chi connectivity index (χ3n) is 4.59. The Kier molecular flexibility index (Phi) is 8.53. The number of carbonyl (C=O) groups excluding carboxylic acids is 1. The van der Waals surface area contributed by atoms with E-state index in [-0.39, 0.29) is 5.57 Å². The molecule has 1 N–H and O–H groups in total. The standard InChI is InChI=1S/C26H22BrClN2O3/c1-3-32-24-13-19(11-20(15-29)26(31)30-22-6-4-5-21(27)14-22)12-23(28)25(24)33-16-18-9-7-17(2)8-10-18/h4-14H,3,16H2,1-2H3,(H,30,31)/b20-11-. The van der Waals surface area contributed by atoms with E-state index in [9.17, 15) is 10.1 Å². The number of hydrogen-bond donors (Lipinski definition) is 1. The maximum absolute atomic E-state index is 12.6. The maximum atomic E-state index is 12.6. The van der Waals surface area contributed by atoms with E-state index in [0.717, 1.165) is 10.0 Å². The van der Waals surface area contributed by atoms with Crippen molar-refractivity contribution in [2.75, 3.05) is 11.9 Å². The van der Waals surface area contributed by atoms with E-state index in [0.29, 0.717) is 41.0 Å². The van der Waals surface area contributed by atoms with Crippen LogP contribution in [-0.4, -0.2) is 12.5 Å². The van der Waals surface area contributed by atoms with Crippen molar-refractivity contribution in [2.45, 2.75) is 20.5 Å². The summed E-state index contributed by atoms with van der Waals surface area (Å²) in [7, 11) is 0. The minimum absolute atomic E-state index is 0.0678. The van der Waals surface area contributed by atoms with Gasteiger partial charge >= 0.3 is 0 Å². The number of halogens is 2.